The number of para-hydroxylation sites is 2. The minimum absolute atomic E-state index is 0.0433. The van der Waals surface area contributed by atoms with Crippen LogP contribution >= 0.6 is 11.6 Å². The van der Waals surface area contributed by atoms with Gasteiger partial charge in [-0.1, -0.05) is 35.9 Å². The highest BCUT2D eigenvalue weighted by molar-refractivity contribution is 6.33. The van der Waals surface area contributed by atoms with Gasteiger partial charge in [0.05, 0.1) is 15.5 Å². The second-order valence-corrected chi connectivity index (χ2v) is 6.76. The van der Waals surface area contributed by atoms with E-state index >= 15 is 0 Å². The largest absolute Gasteiger partial charge is 0.436 e. The number of hydrogen-bond donors (Lipinski definition) is 1. The third-order valence-electron chi connectivity index (χ3n) is 4.27. The number of carbonyl (C=O) groups is 1. The molecule has 4 rings (SSSR count). The minimum Gasteiger partial charge on any atom is -0.436 e. The smallest absolute Gasteiger partial charge is 0.270 e. The number of fused-ring (bicyclic) bond motifs is 1. The number of nitrogens with zero attached hydrogens (tertiary/aromatic N) is 2. The predicted molar refractivity (Wildman–Crippen MR) is 115 cm³/mol. The van der Waals surface area contributed by atoms with Gasteiger partial charge in [-0.05, 0) is 42.0 Å². The van der Waals surface area contributed by atoms with E-state index in [1.165, 1.54) is 24.3 Å². The maximum atomic E-state index is 12.3. The molecule has 0 bridgehead atoms. The van der Waals surface area contributed by atoms with Crippen molar-refractivity contribution in [3.8, 4) is 11.5 Å². The van der Waals surface area contributed by atoms with E-state index in [4.69, 9.17) is 16.0 Å². The zero-order valence-corrected chi connectivity index (χ0v) is 16.2. The monoisotopic (exact) mass is 419 g/mol. The van der Waals surface area contributed by atoms with Gasteiger partial charge in [-0.2, -0.15) is 0 Å². The average molecular weight is 420 g/mol. The molecule has 0 atom stereocenters. The van der Waals surface area contributed by atoms with Crippen molar-refractivity contribution >= 4 is 46.1 Å². The fourth-order valence-corrected chi connectivity index (χ4v) is 3.05. The number of carbonyl (C=O) groups excluding carboxylic acids is 1. The number of nitro benzene ring substituents is 1. The zero-order chi connectivity index (χ0) is 21.1. The highest BCUT2D eigenvalue weighted by Crippen LogP contribution is 2.32. The maximum Gasteiger partial charge on any atom is 0.270 e. The van der Waals surface area contributed by atoms with E-state index in [0.717, 1.165) is 0 Å². The van der Waals surface area contributed by atoms with Gasteiger partial charge in [0.15, 0.2) is 5.58 Å². The van der Waals surface area contributed by atoms with Crippen LogP contribution in [-0.2, 0) is 4.79 Å². The van der Waals surface area contributed by atoms with Crippen molar-refractivity contribution in [2.75, 3.05) is 5.32 Å². The lowest BCUT2D eigenvalue weighted by Crippen LogP contribution is -2.07. The van der Waals surface area contributed by atoms with Crippen LogP contribution < -0.4 is 5.32 Å². The van der Waals surface area contributed by atoms with Gasteiger partial charge in [-0.15, -0.1) is 0 Å². The molecule has 1 heterocycles. The molecule has 0 radical (unpaired) electrons. The van der Waals surface area contributed by atoms with E-state index in [2.05, 4.69) is 10.3 Å². The Balaban J connectivity index is 1.53. The number of hydrogen-bond acceptors (Lipinski definition) is 5. The first kappa shape index (κ1) is 19.4. The predicted octanol–water partition coefficient (Wildman–Crippen LogP) is 5.71. The Kier molecular flexibility index (Phi) is 5.28. The second kappa shape index (κ2) is 8.18. The first-order valence-electron chi connectivity index (χ1n) is 8.88. The number of oxazole rings is 1. The third-order valence-corrected chi connectivity index (χ3v) is 4.60. The normalized spacial score (nSPS) is 11.1. The number of halogens is 1. The van der Waals surface area contributed by atoms with Crippen LogP contribution in [0.15, 0.2) is 77.2 Å². The molecule has 0 saturated heterocycles. The van der Waals surface area contributed by atoms with Gasteiger partial charge < -0.3 is 9.73 Å². The lowest BCUT2D eigenvalue weighted by atomic mass is 10.2. The van der Waals surface area contributed by atoms with Crippen molar-refractivity contribution < 1.29 is 14.1 Å². The molecule has 1 N–H and O–H groups in total. The van der Waals surface area contributed by atoms with Crippen LogP contribution in [0.3, 0.4) is 0 Å². The number of benzene rings is 3. The summed E-state index contributed by atoms with van der Waals surface area (Å²) in [5.74, 6) is -0.0446. The van der Waals surface area contributed by atoms with Gasteiger partial charge in [-0.25, -0.2) is 4.98 Å². The first-order chi connectivity index (χ1) is 14.5. The molecular formula is C22H14ClN3O4. The average Bonchev–Trinajstić information content (AvgIpc) is 3.18. The summed E-state index contributed by atoms with van der Waals surface area (Å²) in [6.07, 6.45) is 2.80. The van der Waals surface area contributed by atoms with E-state index in [-0.39, 0.29) is 5.69 Å². The second-order valence-electron chi connectivity index (χ2n) is 6.36. The molecule has 0 unspecified atom stereocenters. The number of amides is 1. The number of nitrogens with one attached hydrogen (secondary N) is 1. The molecule has 148 valence electrons. The van der Waals surface area contributed by atoms with Gasteiger partial charge in [-0.3, -0.25) is 14.9 Å². The molecule has 3 aromatic carbocycles. The van der Waals surface area contributed by atoms with Crippen LogP contribution in [0, 0.1) is 10.1 Å². The Labute approximate surface area is 175 Å². The summed E-state index contributed by atoms with van der Waals surface area (Å²) in [5, 5.41) is 14.0. The van der Waals surface area contributed by atoms with Crippen LogP contribution in [0.25, 0.3) is 28.6 Å². The quantitative estimate of drug-likeness (QED) is 0.254. The first-order valence-corrected chi connectivity index (χ1v) is 9.26. The fraction of sp³-hybridized carbons (Fsp3) is 0. The maximum absolute atomic E-state index is 12.3. The Bertz CT molecular complexity index is 1260. The number of rotatable bonds is 5. The van der Waals surface area contributed by atoms with Crippen LogP contribution in [0.5, 0.6) is 0 Å². The third kappa shape index (κ3) is 4.21. The molecule has 7 nitrogen and oxygen atoms in total. The Hall–Kier alpha value is -3.97. The SMILES string of the molecule is O=C(C=Cc1cccc([N+](=O)[O-])c1)Nc1ccc(Cl)c(-c2nc3ccccc3o2)c1. The lowest BCUT2D eigenvalue weighted by Gasteiger charge is -2.06. The lowest BCUT2D eigenvalue weighted by molar-refractivity contribution is -0.384. The van der Waals surface area contributed by atoms with E-state index in [9.17, 15) is 14.9 Å². The Morgan fingerprint density at radius 2 is 1.93 bits per heavy atom. The van der Waals surface area contributed by atoms with Crippen LogP contribution in [0.2, 0.25) is 5.02 Å². The molecule has 1 aromatic heterocycles. The van der Waals surface area contributed by atoms with Gasteiger partial charge >= 0.3 is 0 Å². The number of non-ortho nitro benzene ring substituents is 1. The molecule has 0 fully saturated rings. The fourth-order valence-electron chi connectivity index (χ4n) is 2.85. The summed E-state index contributed by atoms with van der Waals surface area (Å²) < 4.78 is 5.75. The van der Waals surface area contributed by atoms with Crippen molar-refractivity contribution in [1.29, 1.82) is 0 Å². The van der Waals surface area contributed by atoms with Gasteiger partial charge in [0.25, 0.3) is 5.69 Å². The number of aromatic nitrogens is 1. The van der Waals surface area contributed by atoms with Gasteiger partial charge in [0.1, 0.15) is 5.52 Å². The van der Waals surface area contributed by atoms with Crippen molar-refractivity contribution in [1.82, 2.24) is 4.98 Å². The minimum atomic E-state index is -0.487. The van der Waals surface area contributed by atoms with E-state index in [1.54, 1.807) is 30.3 Å². The zero-order valence-electron chi connectivity index (χ0n) is 15.4. The van der Waals surface area contributed by atoms with Crippen molar-refractivity contribution in [2.45, 2.75) is 0 Å². The van der Waals surface area contributed by atoms with Crippen LogP contribution in [0.1, 0.15) is 5.56 Å². The van der Waals surface area contributed by atoms with E-state index < -0.39 is 10.8 Å². The number of anilines is 1. The molecule has 0 spiro atoms. The highest BCUT2D eigenvalue weighted by atomic mass is 35.5. The summed E-state index contributed by atoms with van der Waals surface area (Å²) >= 11 is 6.29. The summed E-state index contributed by atoms with van der Waals surface area (Å²) in [6, 6.07) is 18.3. The van der Waals surface area contributed by atoms with Gasteiger partial charge in [0.2, 0.25) is 11.8 Å². The summed E-state index contributed by atoms with van der Waals surface area (Å²) in [7, 11) is 0. The molecule has 0 saturated carbocycles. The molecule has 4 aromatic rings. The molecule has 30 heavy (non-hydrogen) atoms. The Morgan fingerprint density at radius 3 is 2.73 bits per heavy atom. The summed E-state index contributed by atoms with van der Waals surface area (Å²) in [5.41, 5.74) is 2.90. The van der Waals surface area contributed by atoms with Crippen molar-refractivity contribution in [3.63, 3.8) is 0 Å². The van der Waals surface area contributed by atoms with Gasteiger partial charge in [0, 0.05) is 23.9 Å². The molecule has 8 heteroatoms. The molecule has 0 aliphatic heterocycles. The van der Waals surface area contributed by atoms with E-state index in [1.807, 2.05) is 24.3 Å². The number of nitro groups is 1. The molecule has 0 aliphatic carbocycles. The topological polar surface area (TPSA) is 98.3 Å². The van der Waals surface area contributed by atoms with Crippen LogP contribution in [0.4, 0.5) is 11.4 Å². The standard InChI is InChI=1S/C22H14ClN3O4/c23-18-10-9-15(13-17(18)22-25-19-6-1-2-7-20(19)30-22)24-21(27)11-8-14-4-3-5-16(12-14)26(28)29/h1-13H,(H,24,27). The summed E-state index contributed by atoms with van der Waals surface area (Å²) in [4.78, 5) is 27.1. The molecule has 0 aliphatic rings. The van der Waals surface area contributed by atoms with Crippen molar-refractivity contribution in [3.05, 3.63) is 93.5 Å². The van der Waals surface area contributed by atoms with E-state index in [0.29, 0.717) is 38.8 Å². The highest BCUT2D eigenvalue weighted by Gasteiger charge is 2.13. The molecular weight excluding hydrogens is 406 g/mol. The Morgan fingerprint density at radius 1 is 1.10 bits per heavy atom. The molecule has 1 amide bonds. The van der Waals surface area contributed by atoms with Crippen molar-refractivity contribution in [2.24, 2.45) is 0 Å². The van der Waals surface area contributed by atoms with Crippen LogP contribution in [-0.4, -0.2) is 15.8 Å². The summed E-state index contributed by atoms with van der Waals surface area (Å²) in [6.45, 7) is 0.